The Labute approximate surface area is 111 Å². The molecule has 0 aromatic carbocycles. The van der Waals surface area contributed by atoms with Crippen molar-refractivity contribution in [1.82, 2.24) is 10.6 Å². The summed E-state index contributed by atoms with van der Waals surface area (Å²) in [6, 6.07) is 0.552. The van der Waals surface area contributed by atoms with Gasteiger partial charge in [0.25, 0.3) is 0 Å². The molecule has 2 aliphatic carbocycles. The Morgan fingerprint density at radius 3 is 2.56 bits per heavy atom. The normalized spacial score (nSPS) is 31.9. The van der Waals surface area contributed by atoms with Gasteiger partial charge in [0, 0.05) is 12.6 Å². The lowest BCUT2D eigenvalue weighted by molar-refractivity contribution is -0.123. The molecule has 0 aliphatic heterocycles. The van der Waals surface area contributed by atoms with Gasteiger partial charge in [0.05, 0.1) is 6.04 Å². The number of carbonyl (C=O) groups excluding carboxylic acids is 1. The van der Waals surface area contributed by atoms with Crippen LogP contribution in [-0.4, -0.2) is 24.5 Å². The molecule has 2 aliphatic rings. The number of carbonyl (C=O) groups is 1. The van der Waals surface area contributed by atoms with Crippen LogP contribution in [0.1, 0.15) is 52.9 Å². The lowest BCUT2D eigenvalue weighted by Crippen LogP contribution is -2.48. The quantitative estimate of drug-likeness (QED) is 0.761. The Morgan fingerprint density at radius 2 is 2.00 bits per heavy atom. The number of hydrogen-bond acceptors (Lipinski definition) is 2. The van der Waals surface area contributed by atoms with Crippen LogP contribution < -0.4 is 10.6 Å². The third-order valence-corrected chi connectivity index (χ3v) is 4.62. The zero-order valence-electron chi connectivity index (χ0n) is 12.0. The van der Waals surface area contributed by atoms with E-state index in [0.29, 0.717) is 12.0 Å². The Balaban J connectivity index is 1.67. The summed E-state index contributed by atoms with van der Waals surface area (Å²) in [5.74, 6) is 2.59. The first-order valence-electron chi connectivity index (χ1n) is 7.60. The van der Waals surface area contributed by atoms with Gasteiger partial charge in [0.15, 0.2) is 0 Å². The fourth-order valence-electron chi connectivity index (χ4n) is 3.48. The molecule has 0 saturated heterocycles. The predicted molar refractivity (Wildman–Crippen MR) is 74.3 cm³/mol. The molecule has 3 heteroatoms. The molecule has 4 atom stereocenters. The summed E-state index contributed by atoms with van der Waals surface area (Å²) < 4.78 is 0. The minimum atomic E-state index is -0.0403. The van der Waals surface area contributed by atoms with E-state index in [0.717, 1.165) is 24.8 Å². The molecule has 0 aromatic rings. The smallest absolute Gasteiger partial charge is 0.236 e. The van der Waals surface area contributed by atoms with Gasteiger partial charge >= 0.3 is 0 Å². The van der Waals surface area contributed by atoms with Gasteiger partial charge in [0.2, 0.25) is 5.91 Å². The summed E-state index contributed by atoms with van der Waals surface area (Å²) in [7, 11) is 0. The zero-order chi connectivity index (χ0) is 13.1. The highest BCUT2D eigenvalue weighted by atomic mass is 16.2. The van der Waals surface area contributed by atoms with Crippen molar-refractivity contribution in [2.75, 3.05) is 6.54 Å². The number of fused-ring (bicyclic) bond motifs is 2. The van der Waals surface area contributed by atoms with Crippen LogP contribution in [0.5, 0.6) is 0 Å². The second-order valence-corrected chi connectivity index (χ2v) is 6.64. The fraction of sp³-hybridized carbons (Fsp3) is 0.933. The van der Waals surface area contributed by atoms with E-state index in [2.05, 4.69) is 24.5 Å². The van der Waals surface area contributed by atoms with Gasteiger partial charge in [-0.1, -0.05) is 20.3 Å². The van der Waals surface area contributed by atoms with E-state index < -0.39 is 0 Å². The van der Waals surface area contributed by atoms with Crippen molar-refractivity contribution < 1.29 is 4.79 Å². The summed E-state index contributed by atoms with van der Waals surface area (Å²) in [4.78, 5) is 11.9. The minimum Gasteiger partial charge on any atom is -0.355 e. The Kier molecular flexibility index (Phi) is 4.66. The number of nitrogens with one attached hydrogen (secondary N) is 2. The summed E-state index contributed by atoms with van der Waals surface area (Å²) in [5.41, 5.74) is 0. The first-order valence-corrected chi connectivity index (χ1v) is 7.60. The first-order chi connectivity index (χ1) is 8.56. The topological polar surface area (TPSA) is 41.1 Å². The molecule has 104 valence electrons. The third-order valence-electron chi connectivity index (χ3n) is 4.62. The van der Waals surface area contributed by atoms with Crippen molar-refractivity contribution >= 4 is 5.91 Å². The molecular weight excluding hydrogens is 224 g/mol. The second kappa shape index (κ2) is 6.05. The lowest BCUT2D eigenvalue weighted by Gasteiger charge is -2.26. The molecule has 1 amide bonds. The van der Waals surface area contributed by atoms with Crippen LogP contribution in [0.15, 0.2) is 0 Å². The molecule has 3 nitrogen and oxygen atoms in total. The predicted octanol–water partition coefficient (Wildman–Crippen LogP) is 2.32. The van der Waals surface area contributed by atoms with Crippen molar-refractivity contribution in [3.05, 3.63) is 0 Å². The monoisotopic (exact) mass is 252 g/mol. The van der Waals surface area contributed by atoms with Crippen molar-refractivity contribution in [3.63, 3.8) is 0 Å². The fourth-order valence-corrected chi connectivity index (χ4v) is 3.48. The Hall–Kier alpha value is -0.570. The molecule has 2 bridgehead atoms. The van der Waals surface area contributed by atoms with Crippen LogP contribution in [0.4, 0.5) is 0 Å². The van der Waals surface area contributed by atoms with Gasteiger partial charge in [-0.2, -0.15) is 0 Å². The van der Waals surface area contributed by atoms with Crippen LogP contribution in [-0.2, 0) is 4.79 Å². The highest BCUT2D eigenvalue weighted by molar-refractivity contribution is 5.81. The molecule has 2 rings (SSSR count). The van der Waals surface area contributed by atoms with Crippen LogP contribution >= 0.6 is 0 Å². The summed E-state index contributed by atoms with van der Waals surface area (Å²) in [6.45, 7) is 7.17. The summed E-state index contributed by atoms with van der Waals surface area (Å²) in [6.07, 6.45) is 6.52. The molecule has 4 unspecified atom stereocenters. The van der Waals surface area contributed by atoms with E-state index in [1.165, 1.54) is 25.7 Å². The highest BCUT2D eigenvalue weighted by Crippen LogP contribution is 2.44. The maximum absolute atomic E-state index is 11.9. The van der Waals surface area contributed by atoms with Crippen LogP contribution in [0, 0.1) is 17.8 Å². The standard InChI is InChI=1S/C15H28N2O/c1-10(2)6-7-16-15(18)11(3)17-14-9-12-4-5-13(14)8-12/h10-14,17H,4-9H2,1-3H3,(H,16,18). The van der Waals surface area contributed by atoms with Crippen LogP contribution in [0.2, 0.25) is 0 Å². The van der Waals surface area contributed by atoms with Crippen molar-refractivity contribution in [2.45, 2.75) is 65.0 Å². The van der Waals surface area contributed by atoms with Crippen molar-refractivity contribution in [2.24, 2.45) is 17.8 Å². The molecule has 2 saturated carbocycles. The maximum Gasteiger partial charge on any atom is 0.236 e. The summed E-state index contributed by atoms with van der Waals surface area (Å²) in [5, 5.41) is 6.57. The maximum atomic E-state index is 11.9. The molecule has 0 radical (unpaired) electrons. The molecular formula is C15H28N2O. The molecule has 0 aromatic heterocycles. The van der Waals surface area contributed by atoms with Crippen molar-refractivity contribution in [3.8, 4) is 0 Å². The van der Waals surface area contributed by atoms with Gasteiger partial charge in [-0.15, -0.1) is 0 Å². The lowest BCUT2D eigenvalue weighted by atomic mass is 9.95. The number of hydrogen-bond donors (Lipinski definition) is 2. The van der Waals surface area contributed by atoms with Gasteiger partial charge in [-0.25, -0.2) is 0 Å². The van der Waals surface area contributed by atoms with Gasteiger partial charge in [-0.3, -0.25) is 4.79 Å². The Morgan fingerprint density at radius 1 is 1.22 bits per heavy atom. The molecule has 2 fully saturated rings. The Bertz CT molecular complexity index is 290. The SMILES string of the molecule is CC(C)CCNC(=O)C(C)NC1CC2CCC1C2. The van der Waals surface area contributed by atoms with E-state index >= 15 is 0 Å². The van der Waals surface area contributed by atoms with E-state index in [1.807, 2.05) is 6.92 Å². The highest BCUT2D eigenvalue weighted by Gasteiger charge is 2.40. The van der Waals surface area contributed by atoms with Gasteiger partial charge in [0.1, 0.15) is 0 Å². The molecule has 0 heterocycles. The third kappa shape index (κ3) is 3.47. The molecule has 18 heavy (non-hydrogen) atoms. The number of amides is 1. The van der Waals surface area contributed by atoms with Crippen LogP contribution in [0.25, 0.3) is 0 Å². The first kappa shape index (κ1) is 13.9. The second-order valence-electron chi connectivity index (χ2n) is 6.64. The van der Waals surface area contributed by atoms with E-state index in [9.17, 15) is 4.79 Å². The van der Waals surface area contributed by atoms with Gasteiger partial charge in [-0.05, 0) is 50.4 Å². The molecule has 0 spiro atoms. The average Bonchev–Trinajstić information content (AvgIpc) is 2.90. The average molecular weight is 252 g/mol. The largest absolute Gasteiger partial charge is 0.355 e. The summed E-state index contributed by atoms with van der Waals surface area (Å²) >= 11 is 0. The van der Waals surface area contributed by atoms with Crippen molar-refractivity contribution in [1.29, 1.82) is 0 Å². The van der Waals surface area contributed by atoms with Gasteiger partial charge < -0.3 is 10.6 Å². The van der Waals surface area contributed by atoms with E-state index in [4.69, 9.17) is 0 Å². The zero-order valence-corrected chi connectivity index (χ0v) is 12.0. The molecule has 2 N–H and O–H groups in total. The number of rotatable bonds is 6. The van der Waals surface area contributed by atoms with E-state index in [-0.39, 0.29) is 11.9 Å². The van der Waals surface area contributed by atoms with Crippen LogP contribution in [0.3, 0.4) is 0 Å². The van der Waals surface area contributed by atoms with E-state index in [1.54, 1.807) is 0 Å². The minimum absolute atomic E-state index is 0.0403.